The molecule has 102 valence electrons. The molecule has 1 aromatic heterocycles. The zero-order chi connectivity index (χ0) is 13.4. The summed E-state index contributed by atoms with van der Waals surface area (Å²) in [5.74, 6) is 0.242. The van der Waals surface area contributed by atoms with Gasteiger partial charge in [-0.05, 0) is 12.5 Å². The summed E-state index contributed by atoms with van der Waals surface area (Å²) in [6, 6.07) is 2.84. The molecule has 0 unspecified atom stereocenters. The quantitative estimate of drug-likeness (QED) is 0.727. The van der Waals surface area contributed by atoms with Crippen LogP contribution in [0.15, 0.2) is 12.1 Å². The monoisotopic (exact) mass is 258 g/mol. The fourth-order valence-corrected chi connectivity index (χ4v) is 1.58. The van der Waals surface area contributed by atoms with E-state index in [1.807, 2.05) is 0 Å². The molecular weight excluding hydrogens is 238 g/mol. The third-order valence-electron chi connectivity index (χ3n) is 2.64. The maximum Gasteiger partial charge on any atom is 0.280 e. The van der Waals surface area contributed by atoms with E-state index >= 15 is 0 Å². The molecule has 0 atom stereocenters. The van der Waals surface area contributed by atoms with Crippen molar-refractivity contribution in [3.05, 3.63) is 23.4 Å². The maximum absolute atomic E-state index is 12.5. The third-order valence-corrected chi connectivity index (χ3v) is 2.64. The van der Waals surface area contributed by atoms with E-state index in [0.717, 1.165) is 25.7 Å². The Morgan fingerprint density at radius 2 is 2.06 bits per heavy atom. The van der Waals surface area contributed by atoms with Crippen molar-refractivity contribution in [1.82, 2.24) is 4.98 Å². The van der Waals surface area contributed by atoms with Crippen LogP contribution in [0.2, 0.25) is 0 Å². The number of halogens is 2. The van der Waals surface area contributed by atoms with Gasteiger partial charge in [-0.1, -0.05) is 32.3 Å². The van der Waals surface area contributed by atoms with Gasteiger partial charge in [-0.25, -0.2) is 13.8 Å². The molecule has 0 spiro atoms. The molecule has 1 rings (SSSR count). The summed E-state index contributed by atoms with van der Waals surface area (Å²) in [7, 11) is 0. The average Bonchev–Trinajstić information content (AvgIpc) is 2.38. The normalized spacial score (nSPS) is 10.9. The number of unbranched alkanes of at least 4 members (excludes halogenated alkanes) is 3. The Hall–Kier alpha value is -1.23. The highest BCUT2D eigenvalue weighted by Gasteiger charge is 2.12. The van der Waals surface area contributed by atoms with Crippen LogP contribution in [0.3, 0.4) is 0 Å². The van der Waals surface area contributed by atoms with E-state index in [1.54, 1.807) is 6.07 Å². The first-order valence-corrected chi connectivity index (χ1v) is 6.29. The van der Waals surface area contributed by atoms with Gasteiger partial charge < -0.3 is 10.5 Å². The Morgan fingerprint density at radius 3 is 2.67 bits per heavy atom. The first-order chi connectivity index (χ1) is 8.69. The topological polar surface area (TPSA) is 48.1 Å². The van der Waals surface area contributed by atoms with E-state index in [1.165, 1.54) is 6.07 Å². The number of rotatable bonds is 8. The van der Waals surface area contributed by atoms with Crippen LogP contribution in [0.25, 0.3) is 0 Å². The average molecular weight is 258 g/mol. The number of hydrogen-bond acceptors (Lipinski definition) is 3. The fraction of sp³-hybridized carbons (Fsp3) is 0.615. The molecule has 1 heterocycles. The SMILES string of the molecule is CCCCCCOc1nc(C(F)F)ccc1CN. The van der Waals surface area contributed by atoms with Crippen LogP contribution in [0.5, 0.6) is 5.88 Å². The minimum absolute atomic E-state index is 0.237. The highest BCUT2D eigenvalue weighted by Crippen LogP contribution is 2.22. The van der Waals surface area contributed by atoms with Crippen LogP contribution < -0.4 is 10.5 Å². The summed E-state index contributed by atoms with van der Waals surface area (Å²) in [6.07, 6.45) is 1.69. The summed E-state index contributed by atoms with van der Waals surface area (Å²) >= 11 is 0. The van der Waals surface area contributed by atoms with E-state index in [0.29, 0.717) is 12.2 Å². The van der Waals surface area contributed by atoms with Gasteiger partial charge in [-0.3, -0.25) is 0 Å². The molecule has 0 saturated heterocycles. The van der Waals surface area contributed by atoms with Crippen LogP contribution in [0.4, 0.5) is 8.78 Å². The van der Waals surface area contributed by atoms with E-state index in [2.05, 4.69) is 11.9 Å². The molecule has 0 aliphatic rings. The Labute approximate surface area is 106 Å². The lowest BCUT2D eigenvalue weighted by molar-refractivity contribution is 0.144. The maximum atomic E-state index is 12.5. The molecule has 18 heavy (non-hydrogen) atoms. The van der Waals surface area contributed by atoms with Crippen LogP contribution in [0, 0.1) is 0 Å². The molecule has 0 saturated carbocycles. The molecule has 5 heteroatoms. The number of pyridine rings is 1. The zero-order valence-corrected chi connectivity index (χ0v) is 10.7. The van der Waals surface area contributed by atoms with E-state index < -0.39 is 6.43 Å². The smallest absolute Gasteiger partial charge is 0.280 e. The van der Waals surface area contributed by atoms with Crippen LogP contribution >= 0.6 is 0 Å². The summed E-state index contributed by atoms with van der Waals surface area (Å²) in [5.41, 5.74) is 5.92. The number of nitrogens with zero attached hydrogens (tertiary/aromatic N) is 1. The first-order valence-electron chi connectivity index (χ1n) is 6.29. The van der Waals surface area contributed by atoms with E-state index in [4.69, 9.17) is 10.5 Å². The molecule has 3 nitrogen and oxygen atoms in total. The standard InChI is InChI=1S/C13H20F2N2O/c1-2-3-4-5-8-18-13-10(9-16)6-7-11(17-13)12(14)15/h6-7,12H,2-5,8-9,16H2,1H3. The van der Waals surface area contributed by atoms with Crippen molar-refractivity contribution in [1.29, 1.82) is 0 Å². The second-order valence-electron chi connectivity index (χ2n) is 4.11. The van der Waals surface area contributed by atoms with Crippen molar-refractivity contribution in [3.8, 4) is 5.88 Å². The van der Waals surface area contributed by atoms with Gasteiger partial charge in [-0.2, -0.15) is 0 Å². The number of hydrogen-bond donors (Lipinski definition) is 1. The van der Waals surface area contributed by atoms with Crippen molar-refractivity contribution < 1.29 is 13.5 Å². The molecule has 0 aliphatic heterocycles. The molecule has 0 fully saturated rings. The van der Waals surface area contributed by atoms with Gasteiger partial charge in [0.2, 0.25) is 5.88 Å². The Bertz CT molecular complexity index is 359. The summed E-state index contributed by atoms with van der Waals surface area (Å²) in [4.78, 5) is 3.81. The van der Waals surface area contributed by atoms with Crippen LogP contribution in [0.1, 0.15) is 50.3 Å². The van der Waals surface area contributed by atoms with Gasteiger partial charge in [0.25, 0.3) is 6.43 Å². The largest absolute Gasteiger partial charge is 0.477 e. The lowest BCUT2D eigenvalue weighted by Gasteiger charge is -2.10. The van der Waals surface area contributed by atoms with Gasteiger partial charge in [-0.15, -0.1) is 0 Å². The highest BCUT2D eigenvalue weighted by molar-refractivity contribution is 5.28. The minimum atomic E-state index is -2.58. The molecular formula is C13H20F2N2O. The second-order valence-corrected chi connectivity index (χ2v) is 4.11. The molecule has 0 bridgehead atoms. The lowest BCUT2D eigenvalue weighted by atomic mass is 10.2. The predicted octanol–water partition coefficient (Wildman–Crippen LogP) is 3.44. The Morgan fingerprint density at radius 1 is 1.28 bits per heavy atom. The minimum Gasteiger partial charge on any atom is -0.477 e. The first kappa shape index (κ1) is 14.8. The molecule has 0 amide bonds. The summed E-state index contributed by atoms with van der Waals surface area (Å²) in [5, 5.41) is 0. The number of alkyl halides is 2. The van der Waals surface area contributed by atoms with Gasteiger partial charge in [0.15, 0.2) is 0 Å². The molecule has 0 aliphatic carbocycles. The van der Waals surface area contributed by atoms with Crippen molar-refractivity contribution in [2.24, 2.45) is 5.73 Å². The molecule has 0 radical (unpaired) electrons. The summed E-state index contributed by atoms with van der Waals surface area (Å²) < 4.78 is 30.5. The van der Waals surface area contributed by atoms with Gasteiger partial charge in [0.1, 0.15) is 5.69 Å². The van der Waals surface area contributed by atoms with E-state index in [9.17, 15) is 8.78 Å². The van der Waals surface area contributed by atoms with Crippen molar-refractivity contribution in [2.75, 3.05) is 6.61 Å². The van der Waals surface area contributed by atoms with Crippen molar-refractivity contribution in [3.63, 3.8) is 0 Å². The lowest BCUT2D eigenvalue weighted by Crippen LogP contribution is -2.07. The number of aromatic nitrogens is 1. The van der Waals surface area contributed by atoms with Crippen molar-refractivity contribution >= 4 is 0 Å². The summed E-state index contributed by atoms with van der Waals surface area (Å²) in [6.45, 7) is 2.86. The number of ether oxygens (including phenoxy) is 1. The molecule has 0 aromatic carbocycles. The second kappa shape index (κ2) is 7.97. The van der Waals surface area contributed by atoms with Crippen LogP contribution in [-0.4, -0.2) is 11.6 Å². The number of nitrogens with two attached hydrogens (primary N) is 1. The van der Waals surface area contributed by atoms with E-state index in [-0.39, 0.29) is 18.1 Å². The Kier molecular flexibility index (Phi) is 6.57. The van der Waals surface area contributed by atoms with Crippen LogP contribution in [-0.2, 0) is 6.54 Å². The third kappa shape index (κ3) is 4.56. The fourth-order valence-electron chi connectivity index (χ4n) is 1.58. The van der Waals surface area contributed by atoms with Gasteiger partial charge >= 0.3 is 0 Å². The van der Waals surface area contributed by atoms with Crippen molar-refractivity contribution in [2.45, 2.75) is 45.6 Å². The zero-order valence-electron chi connectivity index (χ0n) is 10.7. The predicted molar refractivity (Wildman–Crippen MR) is 66.7 cm³/mol. The molecule has 2 N–H and O–H groups in total. The highest BCUT2D eigenvalue weighted by atomic mass is 19.3. The van der Waals surface area contributed by atoms with Gasteiger partial charge in [0, 0.05) is 12.1 Å². The van der Waals surface area contributed by atoms with Gasteiger partial charge in [0.05, 0.1) is 6.61 Å². The molecule has 1 aromatic rings. The Balaban J connectivity index is 2.58.